The summed E-state index contributed by atoms with van der Waals surface area (Å²) in [6, 6.07) is 12.1. The van der Waals surface area contributed by atoms with Gasteiger partial charge in [-0.15, -0.1) is 0 Å². The van der Waals surface area contributed by atoms with E-state index >= 15 is 0 Å². The highest BCUT2D eigenvalue weighted by Crippen LogP contribution is 2.23. The van der Waals surface area contributed by atoms with Crippen LogP contribution in [-0.2, 0) is 14.8 Å². The van der Waals surface area contributed by atoms with Crippen LogP contribution >= 0.6 is 0 Å². The van der Waals surface area contributed by atoms with Crippen LogP contribution in [0.25, 0.3) is 0 Å². The lowest BCUT2D eigenvalue weighted by atomic mass is 10.2. The summed E-state index contributed by atoms with van der Waals surface area (Å²) in [4.78, 5) is 13.8. The Morgan fingerprint density at radius 3 is 2.67 bits per heavy atom. The van der Waals surface area contributed by atoms with Gasteiger partial charge in [-0.2, -0.15) is 0 Å². The lowest BCUT2D eigenvalue weighted by Crippen LogP contribution is -2.34. The van der Waals surface area contributed by atoms with E-state index in [1.807, 2.05) is 31.2 Å². The molecule has 2 aromatic rings. The van der Waals surface area contributed by atoms with Crippen molar-refractivity contribution in [1.82, 2.24) is 4.72 Å². The van der Waals surface area contributed by atoms with Gasteiger partial charge in [0.15, 0.2) is 0 Å². The predicted octanol–water partition coefficient (Wildman–Crippen LogP) is 2.62. The van der Waals surface area contributed by atoms with E-state index in [1.165, 1.54) is 18.1 Å². The number of rotatable bonds is 6. The second-order valence-electron chi connectivity index (χ2n) is 6.44. The zero-order valence-corrected chi connectivity index (χ0v) is 16.2. The van der Waals surface area contributed by atoms with Crippen molar-refractivity contribution in [2.24, 2.45) is 0 Å². The van der Waals surface area contributed by atoms with Crippen molar-refractivity contribution < 1.29 is 22.7 Å². The first kappa shape index (κ1) is 19.2. The summed E-state index contributed by atoms with van der Waals surface area (Å²) in [5, 5.41) is 0. The van der Waals surface area contributed by atoms with E-state index in [-0.39, 0.29) is 18.0 Å². The van der Waals surface area contributed by atoms with Gasteiger partial charge < -0.3 is 9.47 Å². The third-order valence-electron chi connectivity index (χ3n) is 4.37. The van der Waals surface area contributed by atoms with Crippen molar-refractivity contribution in [3.63, 3.8) is 0 Å². The second-order valence-corrected chi connectivity index (χ2v) is 8.21. The number of aryl methyl sites for hydroxylation is 2. The van der Waals surface area contributed by atoms with Crippen molar-refractivity contribution in [2.45, 2.75) is 24.8 Å². The third-order valence-corrected chi connectivity index (χ3v) is 5.79. The van der Waals surface area contributed by atoms with E-state index in [1.54, 1.807) is 19.1 Å². The first-order valence-electron chi connectivity index (χ1n) is 8.49. The number of ether oxygens (including phenoxy) is 2. The van der Waals surface area contributed by atoms with E-state index in [2.05, 4.69) is 4.72 Å². The third kappa shape index (κ3) is 4.23. The van der Waals surface area contributed by atoms with Gasteiger partial charge in [-0.1, -0.05) is 12.1 Å². The highest BCUT2D eigenvalue weighted by Gasteiger charge is 2.33. The highest BCUT2D eigenvalue weighted by atomic mass is 32.2. The number of cyclic esters (lactones) is 1. The number of hydrogen-bond donors (Lipinski definition) is 1. The molecule has 1 amide bonds. The summed E-state index contributed by atoms with van der Waals surface area (Å²) in [7, 11) is -2.19. The fourth-order valence-corrected chi connectivity index (χ4v) is 4.09. The van der Waals surface area contributed by atoms with Crippen LogP contribution in [0, 0.1) is 13.8 Å². The Kier molecular flexibility index (Phi) is 5.38. The molecule has 0 spiro atoms. The van der Waals surface area contributed by atoms with Gasteiger partial charge in [0.1, 0.15) is 11.9 Å². The molecule has 144 valence electrons. The number of nitrogens with one attached hydrogen (secondary N) is 1. The summed E-state index contributed by atoms with van der Waals surface area (Å²) in [5.41, 5.74) is 2.48. The van der Waals surface area contributed by atoms with Crippen molar-refractivity contribution in [3.8, 4) is 5.75 Å². The van der Waals surface area contributed by atoms with Crippen LogP contribution in [0.5, 0.6) is 5.75 Å². The van der Waals surface area contributed by atoms with Gasteiger partial charge in [0, 0.05) is 12.2 Å². The minimum atomic E-state index is -3.72. The second kappa shape index (κ2) is 7.58. The molecule has 1 aliphatic heterocycles. The average molecular weight is 390 g/mol. The Labute approximate surface area is 158 Å². The van der Waals surface area contributed by atoms with Gasteiger partial charge in [-0.25, -0.2) is 17.9 Å². The number of nitrogens with zero attached hydrogens (tertiary/aromatic N) is 1. The highest BCUT2D eigenvalue weighted by molar-refractivity contribution is 7.89. The maximum atomic E-state index is 12.5. The molecule has 3 rings (SSSR count). The smallest absolute Gasteiger partial charge is 0.414 e. The number of carbonyl (C=O) groups is 1. The molecule has 0 saturated carbocycles. The van der Waals surface area contributed by atoms with E-state index < -0.39 is 22.2 Å². The van der Waals surface area contributed by atoms with Gasteiger partial charge in [0.25, 0.3) is 0 Å². The molecule has 0 bridgehead atoms. The number of methoxy groups -OCH3 is 1. The molecule has 8 heteroatoms. The fourth-order valence-electron chi connectivity index (χ4n) is 2.94. The summed E-state index contributed by atoms with van der Waals surface area (Å²) in [6.45, 7) is 4.00. The SMILES string of the molecule is COc1ccc(S(=O)(=O)NCC2CN(c3cccc(C)c3)C(=O)O2)cc1C. The van der Waals surface area contributed by atoms with E-state index in [4.69, 9.17) is 9.47 Å². The number of carbonyl (C=O) groups excluding carboxylic acids is 1. The lowest BCUT2D eigenvalue weighted by molar-refractivity contribution is 0.143. The Morgan fingerprint density at radius 2 is 2.00 bits per heavy atom. The summed E-state index contributed by atoms with van der Waals surface area (Å²) in [5.74, 6) is 0.618. The number of hydrogen-bond acceptors (Lipinski definition) is 5. The minimum absolute atomic E-state index is 0.00145. The Balaban J connectivity index is 1.66. The van der Waals surface area contributed by atoms with E-state index in [0.29, 0.717) is 5.75 Å². The van der Waals surface area contributed by atoms with Gasteiger partial charge >= 0.3 is 6.09 Å². The average Bonchev–Trinajstić information content (AvgIpc) is 3.01. The largest absolute Gasteiger partial charge is 0.496 e. The van der Waals surface area contributed by atoms with Crippen LogP contribution in [0.1, 0.15) is 11.1 Å². The molecule has 7 nitrogen and oxygen atoms in total. The van der Waals surface area contributed by atoms with Crippen molar-refractivity contribution >= 4 is 21.8 Å². The van der Waals surface area contributed by atoms with Crippen LogP contribution in [0.2, 0.25) is 0 Å². The van der Waals surface area contributed by atoms with E-state index in [9.17, 15) is 13.2 Å². The van der Waals surface area contributed by atoms with Crippen LogP contribution in [0.4, 0.5) is 10.5 Å². The molecule has 1 atom stereocenters. The zero-order valence-electron chi connectivity index (χ0n) is 15.4. The Hall–Kier alpha value is -2.58. The van der Waals surface area contributed by atoms with Gasteiger partial charge in [-0.3, -0.25) is 4.90 Å². The summed E-state index contributed by atoms with van der Waals surface area (Å²) < 4.78 is 38.0. The molecule has 2 aromatic carbocycles. The first-order chi connectivity index (χ1) is 12.8. The van der Waals surface area contributed by atoms with Gasteiger partial charge in [0.05, 0.1) is 18.6 Å². The predicted molar refractivity (Wildman–Crippen MR) is 102 cm³/mol. The number of anilines is 1. The fraction of sp³-hybridized carbons (Fsp3) is 0.316. The van der Waals surface area contributed by atoms with E-state index in [0.717, 1.165) is 16.8 Å². The zero-order chi connectivity index (χ0) is 19.6. The van der Waals surface area contributed by atoms with Crippen molar-refractivity contribution in [2.75, 3.05) is 25.1 Å². The minimum Gasteiger partial charge on any atom is -0.496 e. The molecule has 1 saturated heterocycles. The molecule has 0 radical (unpaired) electrons. The van der Waals surface area contributed by atoms with Crippen LogP contribution in [0.15, 0.2) is 47.4 Å². The summed E-state index contributed by atoms with van der Waals surface area (Å²) in [6.07, 6.45) is -1.04. The Morgan fingerprint density at radius 1 is 1.22 bits per heavy atom. The van der Waals surface area contributed by atoms with Crippen molar-refractivity contribution in [3.05, 3.63) is 53.6 Å². The summed E-state index contributed by atoms with van der Waals surface area (Å²) >= 11 is 0. The molecule has 0 aliphatic carbocycles. The molecule has 1 unspecified atom stereocenters. The molecule has 1 fully saturated rings. The van der Waals surface area contributed by atoms with Crippen LogP contribution < -0.4 is 14.4 Å². The van der Waals surface area contributed by atoms with Gasteiger partial charge in [-0.05, 0) is 55.3 Å². The maximum Gasteiger partial charge on any atom is 0.414 e. The van der Waals surface area contributed by atoms with Crippen LogP contribution in [-0.4, -0.2) is 40.8 Å². The number of benzene rings is 2. The molecular formula is C19H22N2O5S. The normalized spacial score (nSPS) is 17.1. The maximum absolute atomic E-state index is 12.5. The topological polar surface area (TPSA) is 84.9 Å². The molecule has 1 aliphatic rings. The number of amides is 1. The lowest BCUT2D eigenvalue weighted by Gasteiger charge is -2.14. The van der Waals surface area contributed by atoms with Gasteiger partial charge in [0.2, 0.25) is 10.0 Å². The molecule has 1 N–H and O–H groups in total. The first-order valence-corrected chi connectivity index (χ1v) is 9.97. The molecular weight excluding hydrogens is 368 g/mol. The standard InChI is InChI=1S/C19H22N2O5S/c1-13-5-4-6-15(9-13)21-12-16(26-19(21)22)11-20-27(23,24)17-7-8-18(25-3)14(2)10-17/h4-10,16,20H,11-12H2,1-3H3. The Bertz CT molecular complexity index is 958. The molecule has 27 heavy (non-hydrogen) atoms. The molecule has 1 heterocycles. The molecule has 0 aromatic heterocycles. The van der Waals surface area contributed by atoms with Crippen LogP contribution in [0.3, 0.4) is 0 Å². The quantitative estimate of drug-likeness (QED) is 0.820. The van der Waals surface area contributed by atoms with Crippen molar-refractivity contribution in [1.29, 1.82) is 0 Å². The monoisotopic (exact) mass is 390 g/mol. The number of sulfonamides is 1.